The largest absolute Gasteiger partial charge is 0.342 e. The maximum atomic E-state index is 11.8. The second-order valence-electron chi connectivity index (χ2n) is 4.11. The molecular weight excluding hydrogens is 220 g/mol. The van der Waals surface area contributed by atoms with Gasteiger partial charge in [-0.2, -0.15) is 15.4 Å². The minimum absolute atomic E-state index is 0.0181. The summed E-state index contributed by atoms with van der Waals surface area (Å²) in [7, 11) is 1.97. The van der Waals surface area contributed by atoms with Crippen molar-refractivity contribution < 1.29 is 4.79 Å². The minimum atomic E-state index is -0.220. The highest BCUT2D eigenvalue weighted by atomic mass is 16.2. The van der Waals surface area contributed by atoms with E-state index in [1.165, 1.54) is 11.9 Å². The maximum absolute atomic E-state index is 11.8. The molecular formula is C10H12N6O. The summed E-state index contributed by atoms with van der Waals surface area (Å²) in [6.45, 7) is 0. The molecule has 1 atom stereocenters. The summed E-state index contributed by atoms with van der Waals surface area (Å²) in [5, 5.41) is 12.7. The Kier molecular flexibility index (Phi) is 2.17. The van der Waals surface area contributed by atoms with Crippen LogP contribution in [-0.4, -0.2) is 30.9 Å². The number of hydrogen-bond acceptors (Lipinski definition) is 4. The third-order valence-electron chi connectivity index (χ3n) is 3.04. The molecule has 7 nitrogen and oxygen atoms in total. The van der Waals surface area contributed by atoms with E-state index in [4.69, 9.17) is 0 Å². The van der Waals surface area contributed by atoms with Crippen LogP contribution in [0.2, 0.25) is 0 Å². The average Bonchev–Trinajstić information content (AvgIpc) is 3.00. The summed E-state index contributed by atoms with van der Waals surface area (Å²) in [5.74, 6) is -0.220. The topological polar surface area (TPSA) is 88.5 Å². The number of aryl methyl sites for hydroxylation is 1. The molecule has 0 aliphatic heterocycles. The van der Waals surface area contributed by atoms with E-state index in [0.29, 0.717) is 5.69 Å². The van der Waals surface area contributed by atoms with E-state index in [0.717, 1.165) is 18.5 Å². The van der Waals surface area contributed by atoms with Gasteiger partial charge in [-0.3, -0.25) is 4.79 Å². The van der Waals surface area contributed by atoms with Crippen LogP contribution in [-0.2, 0) is 13.5 Å². The molecule has 2 N–H and O–H groups in total. The third-order valence-corrected chi connectivity index (χ3v) is 3.04. The number of carbonyl (C=O) groups is 1. The number of nitrogens with one attached hydrogen (secondary N) is 2. The first-order valence-corrected chi connectivity index (χ1v) is 5.42. The van der Waals surface area contributed by atoms with E-state index >= 15 is 0 Å². The SMILES string of the molecule is Cn1cnc2c1CC[C@H]2NC(=O)c1cn[nH]n1. The second kappa shape index (κ2) is 3.69. The Morgan fingerprint density at radius 1 is 1.65 bits per heavy atom. The molecule has 7 heteroatoms. The lowest BCUT2D eigenvalue weighted by Crippen LogP contribution is -2.27. The molecule has 0 fully saturated rings. The lowest BCUT2D eigenvalue weighted by molar-refractivity contribution is 0.0931. The maximum Gasteiger partial charge on any atom is 0.273 e. The predicted molar refractivity (Wildman–Crippen MR) is 58.1 cm³/mol. The summed E-state index contributed by atoms with van der Waals surface area (Å²) in [6, 6.07) is -0.0181. The molecule has 3 rings (SSSR count). The Balaban J connectivity index is 1.78. The Hall–Kier alpha value is -2.18. The zero-order valence-electron chi connectivity index (χ0n) is 9.34. The fraction of sp³-hybridized carbons (Fsp3) is 0.400. The Morgan fingerprint density at radius 2 is 2.53 bits per heavy atom. The molecule has 1 aliphatic rings. The molecule has 0 unspecified atom stereocenters. The van der Waals surface area contributed by atoms with Crippen molar-refractivity contribution in [3.8, 4) is 0 Å². The van der Waals surface area contributed by atoms with Gasteiger partial charge in [-0.05, 0) is 12.8 Å². The quantitative estimate of drug-likeness (QED) is 0.760. The zero-order chi connectivity index (χ0) is 11.8. The number of nitrogens with zero attached hydrogens (tertiary/aromatic N) is 4. The smallest absolute Gasteiger partial charge is 0.273 e. The van der Waals surface area contributed by atoms with Crippen LogP contribution in [0.15, 0.2) is 12.5 Å². The molecule has 0 saturated heterocycles. The van der Waals surface area contributed by atoms with Gasteiger partial charge in [0.05, 0.1) is 24.3 Å². The van der Waals surface area contributed by atoms with Crippen molar-refractivity contribution in [2.45, 2.75) is 18.9 Å². The van der Waals surface area contributed by atoms with E-state index in [1.807, 2.05) is 11.6 Å². The standard InChI is InChI=1S/C10H12N6O/c1-16-5-11-9-6(2-3-8(9)16)13-10(17)7-4-12-15-14-7/h4-6H,2-3H2,1H3,(H,13,17)(H,12,14,15)/t6-/m1/s1. The van der Waals surface area contributed by atoms with Gasteiger partial charge >= 0.3 is 0 Å². The van der Waals surface area contributed by atoms with Crippen LogP contribution < -0.4 is 5.32 Å². The number of carbonyl (C=O) groups excluding carboxylic acids is 1. The zero-order valence-corrected chi connectivity index (χ0v) is 9.34. The monoisotopic (exact) mass is 232 g/mol. The molecule has 0 radical (unpaired) electrons. The first-order valence-electron chi connectivity index (χ1n) is 5.42. The summed E-state index contributed by atoms with van der Waals surface area (Å²) in [6.07, 6.45) is 5.01. The van der Waals surface area contributed by atoms with Gasteiger partial charge in [-0.25, -0.2) is 4.98 Å². The van der Waals surface area contributed by atoms with Crippen LogP contribution in [0.3, 0.4) is 0 Å². The van der Waals surface area contributed by atoms with Crippen molar-refractivity contribution in [1.29, 1.82) is 0 Å². The van der Waals surface area contributed by atoms with Crippen LogP contribution in [0.1, 0.15) is 34.3 Å². The van der Waals surface area contributed by atoms with Crippen molar-refractivity contribution in [3.05, 3.63) is 29.6 Å². The second-order valence-corrected chi connectivity index (χ2v) is 4.11. The van der Waals surface area contributed by atoms with Gasteiger partial charge in [0.1, 0.15) is 0 Å². The average molecular weight is 232 g/mol. The Bertz CT molecular complexity index is 543. The van der Waals surface area contributed by atoms with Gasteiger partial charge in [0.25, 0.3) is 5.91 Å². The number of aromatic nitrogens is 5. The highest BCUT2D eigenvalue weighted by Gasteiger charge is 2.28. The number of imidazole rings is 1. The Labute approximate surface area is 97.2 Å². The van der Waals surface area contributed by atoms with Gasteiger partial charge in [0.2, 0.25) is 0 Å². The molecule has 1 amide bonds. The van der Waals surface area contributed by atoms with Crippen molar-refractivity contribution in [1.82, 2.24) is 30.3 Å². The van der Waals surface area contributed by atoms with Crippen molar-refractivity contribution in [2.24, 2.45) is 7.05 Å². The first kappa shape index (κ1) is 10.0. The molecule has 0 spiro atoms. The van der Waals surface area contributed by atoms with Crippen LogP contribution in [0.5, 0.6) is 0 Å². The molecule has 0 aromatic carbocycles. The van der Waals surface area contributed by atoms with E-state index < -0.39 is 0 Å². The van der Waals surface area contributed by atoms with Gasteiger partial charge in [0.15, 0.2) is 5.69 Å². The molecule has 0 saturated carbocycles. The number of hydrogen-bond donors (Lipinski definition) is 2. The molecule has 88 valence electrons. The number of aromatic amines is 1. The summed E-state index contributed by atoms with van der Waals surface area (Å²) < 4.78 is 2.00. The molecule has 2 heterocycles. The van der Waals surface area contributed by atoms with Crippen LogP contribution >= 0.6 is 0 Å². The van der Waals surface area contributed by atoms with E-state index in [2.05, 4.69) is 25.7 Å². The normalized spacial score (nSPS) is 18.1. The van der Waals surface area contributed by atoms with E-state index in [-0.39, 0.29) is 11.9 Å². The van der Waals surface area contributed by atoms with Crippen molar-refractivity contribution in [3.63, 3.8) is 0 Å². The van der Waals surface area contributed by atoms with Crippen LogP contribution in [0, 0.1) is 0 Å². The third kappa shape index (κ3) is 1.59. The van der Waals surface area contributed by atoms with Crippen molar-refractivity contribution >= 4 is 5.91 Å². The van der Waals surface area contributed by atoms with Crippen LogP contribution in [0.25, 0.3) is 0 Å². The lowest BCUT2D eigenvalue weighted by atomic mass is 10.2. The number of fused-ring (bicyclic) bond motifs is 1. The van der Waals surface area contributed by atoms with Gasteiger partial charge in [0, 0.05) is 12.7 Å². The predicted octanol–water partition coefficient (Wildman–Crippen LogP) is -0.0445. The highest BCUT2D eigenvalue weighted by molar-refractivity contribution is 5.92. The molecule has 2 aromatic heterocycles. The van der Waals surface area contributed by atoms with Gasteiger partial charge in [-0.1, -0.05) is 0 Å². The fourth-order valence-corrected chi connectivity index (χ4v) is 2.17. The van der Waals surface area contributed by atoms with Gasteiger partial charge in [-0.15, -0.1) is 0 Å². The van der Waals surface area contributed by atoms with E-state index in [1.54, 1.807) is 6.33 Å². The summed E-state index contributed by atoms with van der Waals surface area (Å²) in [4.78, 5) is 16.1. The highest BCUT2D eigenvalue weighted by Crippen LogP contribution is 2.29. The summed E-state index contributed by atoms with van der Waals surface area (Å²) in [5.41, 5.74) is 2.45. The fourth-order valence-electron chi connectivity index (χ4n) is 2.17. The lowest BCUT2D eigenvalue weighted by Gasteiger charge is -2.09. The van der Waals surface area contributed by atoms with Crippen LogP contribution in [0.4, 0.5) is 0 Å². The minimum Gasteiger partial charge on any atom is -0.342 e. The molecule has 17 heavy (non-hydrogen) atoms. The summed E-state index contributed by atoms with van der Waals surface area (Å²) >= 11 is 0. The number of amides is 1. The molecule has 0 bridgehead atoms. The number of rotatable bonds is 2. The van der Waals surface area contributed by atoms with Crippen molar-refractivity contribution in [2.75, 3.05) is 0 Å². The number of H-pyrrole nitrogens is 1. The van der Waals surface area contributed by atoms with Gasteiger partial charge < -0.3 is 9.88 Å². The van der Waals surface area contributed by atoms with E-state index in [9.17, 15) is 4.79 Å². The first-order chi connectivity index (χ1) is 8.25. The molecule has 2 aromatic rings. The Morgan fingerprint density at radius 3 is 3.29 bits per heavy atom. The molecule has 1 aliphatic carbocycles.